The number of benzene rings is 1. The van der Waals surface area contributed by atoms with Gasteiger partial charge in [0.05, 0.1) is 13.2 Å². The van der Waals surface area contributed by atoms with Crippen LogP contribution in [-0.4, -0.2) is 26.3 Å². The number of rotatable bonds is 1. The molecule has 1 saturated heterocycles. The molecule has 1 fully saturated rings. The van der Waals surface area contributed by atoms with Crippen LogP contribution in [0.15, 0.2) is 12.1 Å². The molecule has 4 heteroatoms. The van der Waals surface area contributed by atoms with Crippen LogP contribution in [0.5, 0.6) is 0 Å². The molecule has 0 bridgehead atoms. The first-order valence-electron chi connectivity index (χ1n) is 4.47. The van der Waals surface area contributed by atoms with Gasteiger partial charge in [0.1, 0.15) is 11.5 Å². The van der Waals surface area contributed by atoms with Gasteiger partial charge in [-0.3, -0.25) is 0 Å². The van der Waals surface area contributed by atoms with E-state index in [0.717, 1.165) is 0 Å². The summed E-state index contributed by atoms with van der Waals surface area (Å²) in [5, 5.41) is 0. The highest BCUT2D eigenvalue weighted by Crippen LogP contribution is 2.23. The molecule has 0 amide bonds. The van der Waals surface area contributed by atoms with Crippen LogP contribution in [0.3, 0.4) is 0 Å². The first-order valence-corrected chi connectivity index (χ1v) is 4.47. The van der Waals surface area contributed by atoms with Crippen LogP contribution in [0.25, 0.3) is 0 Å². The van der Waals surface area contributed by atoms with Crippen LogP contribution >= 0.6 is 0 Å². The fourth-order valence-electron chi connectivity index (χ4n) is 1.52. The third kappa shape index (κ3) is 1.70. The Kier molecular flexibility index (Phi) is 2.63. The van der Waals surface area contributed by atoms with Crippen LogP contribution in [0.2, 0.25) is 0 Å². The number of hydrogen-bond donors (Lipinski definition) is 0. The maximum atomic E-state index is 13.3. The van der Waals surface area contributed by atoms with Crippen LogP contribution in [0, 0.1) is 17.7 Å². The molecule has 0 saturated carbocycles. The first-order chi connectivity index (χ1) is 6.79. The van der Waals surface area contributed by atoms with Crippen molar-refractivity contribution in [3.63, 3.8) is 0 Å². The van der Waals surface area contributed by atoms with Gasteiger partial charge in [0.15, 0.2) is 5.82 Å². The monoisotopic (exact) mass is 198 g/mol. The van der Waals surface area contributed by atoms with Gasteiger partial charge in [0, 0.05) is 19.2 Å². The Balaban J connectivity index is 2.29. The predicted molar refractivity (Wildman–Crippen MR) is 48.2 cm³/mol. The number of anilines is 1. The van der Waals surface area contributed by atoms with Gasteiger partial charge in [-0.1, -0.05) is 0 Å². The molecule has 1 heterocycles. The van der Waals surface area contributed by atoms with Crippen LogP contribution in [-0.2, 0) is 4.74 Å². The van der Waals surface area contributed by atoms with Gasteiger partial charge in [-0.25, -0.2) is 8.78 Å². The highest BCUT2D eigenvalue weighted by molar-refractivity contribution is 5.48. The topological polar surface area (TPSA) is 12.5 Å². The summed E-state index contributed by atoms with van der Waals surface area (Å²) in [6, 6.07) is 4.81. The number of nitrogens with zero attached hydrogens (tertiary/aromatic N) is 1. The van der Waals surface area contributed by atoms with Crippen molar-refractivity contribution in [3.05, 3.63) is 29.8 Å². The summed E-state index contributed by atoms with van der Waals surface area (Å²) < 4.78 is 31.7. The van der Waals surface area contributed by atoms with Gasteiger partial charge >= 0.3 is 0 Å². The van der Waals surface area contributed by atoms with Crippen molar-refractivity contribution in [2.75, 3.05) is 31.2 Å². The molecule has 1 aliphatic heterocycles. The molecule has 0 unspecified atom stereocenters. The van der Waals surface area contributed by atoms with Gasteiger partial charge in [-0.2, -0.15) is 0 Å². The maximum absolute atomic E-state index is 13.3. The lowest BCUT2D eigenvalue weighted by Crippen LogP contribution is -2.37. The standard InChI is InChI=1S/C10H10F2NO/c11-8-2-1-3-9(12)10(8)13-4-6-14-7-5-13/h1-2H,4-7H2. The summed E-state index contributed by atoms with van der Waals surface area (Å²) in [5.74, 6) is -1.17. The van der Waals surface area contributed by atoms with Gasteiger partial charge in [-0.05, 0) is 12.1 Å². The second-order valence-electron chi connectivity index (χ2n) is 3.09. The quantitative estimate of drug-likeness (QED) is 0.679. The fraction of sp³-hybridized carbons (Fsp3) is 0.400. The Bertz CT molecular complexity index is 304. The van der Waals surface area contributed by atoms with Gasteiger partial charge < -0.3 is 9.64 Å². The number of morpholine rings is 1. The van der Waals surface area contributed by atoms with E-state index in [1.807, 2.05) is 0 Å². The van der Waals surface area contributed by atoms with Crippen molar-refractivity contribution in [2.45, 2.75) is 0 Å². The molecule has 14 heavy (non-hydrogen) atoms. The maximum Gasteiger partial charge on any atom is 0.157 e. The molecular formula is C10H10F2NO. The zero-order valence-electron chi connectivity index (χ0n) is 7.59. The van der Waals surface area contributed by atoms with E-state index in [1.54, 1.807) is 4.90 Å². The average molecular weight is 198 g/mol. The molecule has 1 radical (unpaired) electrons. The lowest BCUT2D eigenvalue weighted by molar-refractivity contribution is 0.122. The third-order valence-electron chi connectivity index (χ3n) is 2.20. The summed E-state index contributed by atoms with van der Waals surface area (Å²) in [7, 11) is 0. The van der Waals surface area contributed by atoms with E-state index in [1.165, 1.54) is 12.1 Å². The minimum atomic E-state index is -0.633. The lowest BCUT2D eigenvalue weighted by Gasteiger charge is -2.29. The molecule has 2 rings (SSSR count). The zero-order chi connectivity index (χ0) is 9.97. The third-order valence-corrected chi connectivity index (χ3v) is 2.20. The molecule has 75 valence electrons. The predicted octanol–water partition coefficient (Wildman–Crippen LogP) is 1.60. The van der Waals surface area contributed by atoms with Crippen molar-refractivity contribution >= 4 is 5.69 Å². The summed E-state index contributed by atoms with van der Waals surface area (Å²) in [6.07, 6.45) is 0. The molecule has 0 atom stereocenters. The van der Waals surface area contributed by atoms with E-state index in [0.29, 0.717) is 26.3 Å². The molecule has 2 nitrogen and oxygen atoms in total. The summed E-state index contributed by atoms with van der Waals surface area (Å²) in [6.45, 7) is 2.05. The Hall–Kier alpha value is -1.16. The van der Waals surface area contributed by atoms with E-state index in [4.69, 9.17) is 4.74 Å². The highest BCUT2D eigenvalue weighted by Gasteiger charge is 2.18. The van der Waals surface area contributed by atoms with E-state index < -0.39 is 11.6 Å². The normalized spacial score (nSPS) is 17.1. The van der Waals surface area contributed by atoms with E-state index in [-0.39, 0.29) is 5.69 Å². The second kappa shape index (κ2) is 3.92. The molecule has 0 N–H and O–H groups in total. The molecule has 1 aromatic carbocycles. The molecule has 0 aliphatic carbocycles. The Morgan fingerprint density at radius 2 is 2.00 bits per heavy atom. The first kappa shape index (κ1) is 9.40. The molecular weight excluding hydrogens is 188 g/mol. The minimum Gasteiger partial charge on any atom is -0.378 e. The van der Waals surface area contributed by atoms with Gasteiger partial charge in [0.2, 0.25) is 0 Å². The van der Waals surface area contributed by atoms with Gasteiger partial charge in [0.25, 0.3) is 0 Å². The highest BCUT2D eigenvalue weighted by atomic mass is 19.1. The smallest absolute Gasteiger partial charge is 0.157 e. The number of ether oxygens (including phenoxy) is 1. The van der Waals surface area contributed by atoms with Crippen molar-refractivity contribution in [1.82, 2.24) is 0 Å². The van der Waals surface area contributed by atoms with Crippen molar-refractivity contribution < 1.29 is 13.5 Å². The van der Waals surface area contributed by atoms with Crippen LogP contribution in [0.1, 0.15) is 0 Å². The zero-order valence-corrected chi connectivity index (χ0v) is 7.59. The molecule has 0 spiro atoms. The number of hydrogen-bond acceptors (Lipinski definition) is 2. The minimum absolute atomic E-state index is 0.0100. The van der Waals surface area contributed by atoms with Crippen LogP contribution in [0.4, 0.5) is 14.5 Å². The molecule has 0 aromatic heterocycles. The van der Waals surface area contributed by atoms with Gasteiger partial charge in [-0.15, -0.1) is 0 Å². The fourth-order valence-corrected chi connectivity index (χ4v) is 1.52. The summed E-state index contributed by atoms with van der Waals surface area (Å²) >= 11 is 0. The van der Waals surface area contributed by atoms with E-state index in [2.05, 4.69) is 6.07 Å². The lowest BCUT2D eigenvalue weighted by atomic mass is 10.2. The molecule has 1 aliphatic rings. The Labute approximate surface area is 81.1 Å². The Morgan fingerprint density at radius 1 is 1.29 bits per heavy atom. The second-order valence-corrected chi connectivity index (χ2v) is 3.09. The van der Waals surface area contributed by atoms with Crippen molar-refractivity contribution in [3.8, 4) is 0 Å². The molecule has 1 aromatic rings. The van der Waals surface area contributed by atoms with E-state index in [9.17, 15) is 8.78 Å². The van der Waals surface area contributed by atoms with Crippen molar-refractivity contribution in [1.29, 1.82) is 0 Å². The van der Waals surface area contributed by atoms with Crippen molar-refractivity contribution in [2.24, 2.45) is 0 Å². The SMILES string of the molecule is Fc1[c]ccc(F)c1N1CCOCC1. The van der Waals surface area contributed by atoms with E-state index >= 15 is 0 Å². The number of halogens is 2. The summed E-state index contributed by atoms with van der Waals surface area (Å²) in [5.41, 5.74) is 0.0100. The van der Waals surface area contributed by atoms with Crippen LogP contribution < -0.4 is 4.90 Å². The average Bonchev–Trinajstić information content (AvgIpc) is 2.19. The largest absolute Gasteiger partial charge is 0.378 e. The Morgan fingerprint density at radius 3 is 2.64 bits per heavy atom. The summed E-state index contributed by atoms with van der Waals surface area (Å²) in [4.78, 5) is 1.64.